The summed E-state index contributed by atoms with van der Waals surface area (Å²) in [4.78, 5) is 2.83. The van der Waals surface area contributed by atoms with Gasteiger partial charge in [-0.3, -0.25) is 4.90 Å². The van der Waals surface area contributed by atoms with Gasteiger partial charge in [0.1, 0.15) is 0 Å². The van der Waals surface area contributed by atoms with Crippen LogP contribution in [0.4, 0.5) is 0 Å². The molecule has 3 unspecified atom stereocenters. The van der Waals surface area contributed by atoms with E-state index in [9.17, 15) is 0 Å². The number of piperazine rings is 1. The molecule has 0 aromatic carbocycles. The predicted molar refractivity (Wildman–Crippen MR) is 67.5 cm³/mol. The van der Waals surface area contributed by atoms with E-state index in [0.717, 1.165) is 24.0 Å². The highest BCUT2D eigenvalue weighted by molar-refractivity contribution is 5.07. The van der Waals surface area contributed by atoms with E-state index in [4.69, 9.17) is 0 Å². The van der Waals surface area contributed by atoms with E-state index in [1.54, 1.807) is 0 Å². The molecular formula is C14H26N2. The summed E-state index contributed by atoms with van der Waals surface area (Å²) in [6, 6.07) is 2.47. The van der Waals surface area contributed by atoms with Gasteiger partial charge in [-0.15, -0.1) is 0 Å². The van der Waals surface area contributed by atoms with Gasteiger partial charge in [-0.25, -0.2) is 0 Å². The second kappa shape index (κ2) is 3.71. The molecular weight excluding hydrogens is 196 g/mol. The van der Waals surface area contributed by atoms with E-state index >= 15 is 0 Å². The van der Waals surface area contributed by atoms with Crippen molar-refractivity contribution in [2.45, 2.75) is 64.6 Å². The van der Waals surface area contributed by atoms with Crippen LogP contribution in [-0.2, 0) is 0 Å². The van der Waals surface area contributed by atoms with Crippen molar-refractivity contribution in [2.24, 2.45) is 11.3 Å². The zero-order valence-corrected chi connectivity index (χ0v) is 11.0. The third kappa shape index (κ3) is 1.91. The number of nitrogens with zero attached hydrogens (tertiary/aromatic N) is 1. The standard InChI is InChI=1S/C14H26N2/c1-4-11-8-15-12(10-5-6-10)9-16(11)13-7-14(13,2)3/h10-13,15H,4-9H2,1-3H3. The fourth-order valence-corrected chi connectivity index (χ4v) is 3.43. The summed E-state index contributed by atoms with van der Waals surface area (Å²) in [6.45, 7) is 9.74. The van der Waals surface area contributed by atoms with Gasteiger partial charge in [0.2, 0.25) is 0 Å². The Kier molecular flexibility index (Phi) is 2.56. The van der Waals surface area contributed by atoms with Crippen LogP contribution in [0.3, 0.4) is 0 Å². The number of hydrogen-bond donors (Lipinski definition) is 1. The molecule has 16 heavy (non-hydrogen) atoms. The Hall–Kier alpha value is -0.0800. The molecule has 3 fully saturated rings. The van der Waals surface area contributed by atoms with E-state index in [2.05, 4.69) is 31.0 Å². The van der Waals surface area contributed by atoms with Gasteiger partial charge in [0.25, 0.3) is 0 Å². The predicted octanol–water partition coefficient (Wildman–Crippen LogP) is 2.25. The van der Waals surface area contributed by atoms with Crippen LogP contribution in [0.15, 0.2) is 0 Å². The second-order valence-electron chi connectivity index (χ2n) is 6.82. The lowest BCUT2D eigenvalue weighted by molar-refractivity contribution is 0.0982. The first-order valence-electron chi connectivity index (χ1n) is 7.11. The van der Waals surface area contributed by atoms with Crippen LogP contribution in [0.5, 0.6) is 0 Å². The lowest BCUT2D eigenvalue weighted by atomic mass is 10.0. The maximum Gasteiger partial charge on any atom is 0.0224 e. The Morgan fingerprint density at radius 2 is 2.00 bits per heavy atom. The minimum atomic E-state index is 0.596. The average Bonchev–Trinajstić information content (AvgIpc) is 3.14. The zero-order valence-electron chi connectivity index (χ0n) is 11.0. The number of hydrogen-bond acceptors (Lipinski definition) is 2. The van der Waals surface area contributed by atoms with Gasteiger partial charge in [0.15, 0.2) is 0 Å². The van der Waals surface area contributed by atoms with Crippen LogP contribution >= 0.6 is 0 Å². The normalized spacial score (nSPS) is 43.3. The van der Waals surface area contributed by atoms with E-state index in [1.807, 2.05) is 0 Å². The molecule has 0 radical (unpaired) electrons. The maximum atomic E-state index is 3.78. The van der Waals surface area contributed by atoms with Gasteiger partial charge >= 0.3 is 0 Å². The smallest absolute Gasteiger partial charge is 0.0224 e. The summed E-state index contributed by atoms with van der Waals surface area (Å²) >= 11 is 0. The largest absolute Gasteiger partial charge is 0.311 e. The van der Waals surface area contributed by atoms with Crippen molar-refractivity contribution < 1.29 is 0 Å². The van der Waals surface area contributed by atoms with Crippen LogP contribution < -0.4 is 5.32 Å². The molecule has 2 heteroatoms. The molecule has 2 nitrogen and oxygen atoms in total. The minimum Gasteiger partial charge on any atom is -0.311 e. The molecule has 3 atom stereocenters. The molecule has 2 aliphatic carbocycles. The minimum absolute atomic E-state index is 0.596. The molecule has 0 aromatic rings. The van der Waals surface area contributed by atoms with Crippen LogP contribution in [0, 0.1) is 11.3 Å². The molecule has 2 saturated carbocycles. The highest BCUT2D eigenvalue weighted by atomic mass is 15.3. The van der Waals surface area contributed by atoms with E-state index in [0.29, 0.717) is 5.41 Å². The molecule has 0 amide bonds. The van der Waals surface area contributed by atoms with Crippen molar-refractivity contribution >= 4 is 0 Å². The first kappa shape index (κ1) is 11.0. The Morgan fingerprint density at radius 1 is 1.31 bits per heavy atom. The third-order valence-electron chi connectivity index (χ3n) is 5.02. The number of rotatable bonds is 3. The Balaban J connectivity index is 1.66. The molecule has 3 rings (SSSR count). The van der Waals surface area contributed by atoms with Crippen LogP contribution in [0.1, 0.15) is 46.5 Å². The monoisotopic (exact) mass is 222 g/mol. The quantitative estimate of drug-likeness (QED) is 0.788. The van der Waals surface area contributed by atoms with E-state index < -0.39 is 0 Å². The lowest BCUT2D eigenvalue weighted by Crippen LogP contribution is -2.58. The molecule has 1 heterocycles. The van der Waals surface area contributed by atoms with Crippen molar-refractivity contribution in [3.63, 3.8) is 0 Å². The van der Waals surface area contributed by atoms with E-state index in [-0.39, 0.29) is 0 Å². The third-order valence-corrected chi connectivity index (χ3v) is 5.02. The van der Waals surface area contributed by atoms with Crippen molar-refractivity contribution in [2.75, 3.05) is 13.1 Å². The first-order chi connectivity index (χ1) is 7.62. The van der Waals surface area contributed by atoms with Crippen LogP contribution in [0.25, 0.3) is 0 Å². The van der Waals surface area contributed by atoms with E-state index in [1.165, 1.54) is 38.8 Å². The highest BCUT2D eigenvalue weighted by Crippen LogP contribution is 2.50. The summed E-state index contributed by atoms with van der Waals surface area (Å²) in [5, 5.41) is 3.78. The van der Waals surface area contributed by atoms with Gasteiger partial charge in [-0.05, 0) is 37.0 Å². The summed E-state index contributed by atoms with van der Waals surface area (Å²) in [7, 11) is 0. The van der Waals surface area contributed by atoms with Crippen molar-refractivity contribution in [3.8, 4) is 0 Å². The van der Waals surface area contributed by atoms with Gasteiger partial charge in [0.05, 0.1) is 0 Å². The molecule has 1 aliphatic heterocycles. The molecule has 0 bridgehead atoms. The SMILES string of the molecule is CCC1CNC(C2CC2)CN1C1CC1(C)C. The van der Waals surface area contributed by atoms with Crippen molar-refractivity contribution in [1.82, 2.24) is 10.2 Å². The van der Waals surface area contributed by atoms with Gasteiger partial charge in [-0.1, -0.05) is 20.8 Å². The van der Waals surface area contributed by atoms with Gasteiger partial charge < -0.3 is 5.32 Å². The topological polar surface area (TPSA) is 15.3 Å². The molecule has 3 aliphatic rings. The van der Waals surface area contributed by atoms with Crippen LogP contribution in [0.2, 0.25) is 0 Å². The molecule has 92 valence electrons. The van der Waals surface area contributed by atoms with Gasteiger partial charge in [0, 0.05) is 31.2 Å². The maximum absolute atomic E-state index is 3.78. The second-order valence-corrected chi connectivity index (χ2v) is 6.82. The van der Waals surface area contributed by atoms with Gasteiger partial charge in [-0.2, -0.15) is 0 Å². The molecule has 0 aromatic heterocycles. The fourth-order valence-electron chi connectivity index (χ4n) is 3.43. The fraction of sp³-hybridized carbons (Fsp3) is 1.00. The molecule has 1 saturated heterocycles. The van der Waals surface area contributed by atoms with Crippen molar-refractivity contribution in [1.29, 1.82) is 0 Å². The van der Waals surface area contributed by atoms with Crippen LogP contribution in [-0.4, -0.2) is 36.1 Å². The Morgan fingerprint density at radius 3 is 2.50 bits per heavy atom. The lowest BCUT2D eigenvalue weighted by Gasteiger charge is -2.41. The first-order valence-corrected chi connectivity index (χ1v) is 7.11. The Bertz CT molecular complexity index is 268. The average molecular weight is 222 g/mol. The van der Waals surface area contributed by atoms with Crippen molar-refractivity contribution in [3.05, 3.63) is 0 Å². The zero-order chi connectivity index (χ0) is 11.3. The summed E-state index contributed by atoms with van der Waals surface area (Å²) < 4.78 is 0. The summed E-state index contributed by atoms with van der Waals surface area (Å²) in [5.74, 6) is 1.00. The molecule has 0 spiro atoms. The molecule has 1 N–H and O–H groups in total. The summed E-state index contributed by atoms with van der Waals surface area (Å²) in [6.07, 6.45) is 5.66. The summed E-state index contributed by atoms with van der Waals surface area (Å²) in [5.41, 5.74) is 0.596. The Labute approximate surface area is 99.8 Å². The highest BCUT2D eigenvalue weighted by Gasteiger charge is 2.52. The number of nitrogens with one attached hydrogen (secondary N) is 1.